The van der Waals surface area contributed by atoms with Gasteiger partial charge in [0.1, 0.15) is 0 Å². The first-order valence-electron chi connectivity index (χ1n) is 8.09. The van der Waals surface area contributed by atoms with Crippen LogP contribution in [0.1, 0.15) is 43.2 Å². The highest BCUT2D eigenvalue weighted by Gasteiger charge is 2.23. The van der Waals surface area contributed by atoms with E-state index in [2.05, 4.69) is 43.1 Å². The molecule has 1 fully saturated rings. The van der Waals surface area contributed by atoms with Crippen LogP contribution in [0.25, 0.3) is 0 Å². The number of hydrogen-bond acceptors (Lipinski definition) is 5. The van der Waals surface area contributed by atoms with Gasteiger partial charge < -0.3 is 15.1 Å². The number of aromatic nitrogens is 1. The van der Waals surface area contributed by atoms with Crippen LogP contribution in [-0.4, -0.2) is 50.7 Å². The number of likely N-dealkylation sites (tertiary alicyclic amines) is 1. The maximum Gasteiger partial charge on any atom is 0.185 e. The molecule has 1 aliphatic rings. The minimum Gasteiger partial charge on any atom is -0.351 e. The van der Waals surface area contributed by atoms with Gasteiger partial charge in [-0.3, -0.25) is 0 Å². The van der Waals surface area contributed by atoms with Crippen LogP contribution in [0, 0.1) is 5.92 Å². The molecule has 0 bridgehead atoms. The van der Waals surface area contributed by atoms with Crippen LogP contribution in [0.4, 0.5) is 5.13 Å². The quantitative estimate of drug-likeness (QED) is 0.839. The van der Waals surface area contributed by atoms with E-state index < -0.39 is 0 Å². The minimum atomic E-state index is 0.546. The predicted octanol–water partition coefficient (Wildman–Crippen LogP) is 2.76. The molecule has 2 atom stereocenters. The smallest absolute Gasteiger partial charge is 0.185 e. The Morgan fingerprint density at radius 1 is 1.52 bits per heavy atom. The van der Waals surface area contributed by atoms with Gasteiger partial charge in [-0.15, -0.1) is 11.3 Å². The van der Waals surface area contributed by atoms with Gasteiger partial charge in [-0.2, -0.15) is 0 Å². The van der Waals surface area contributed by atoms with E-state index in [0.717, 1.165) is 25.4 Å². The van der Waals surface area contributed by atoms with E-state index in [4.69, 9.17) is 4.98 Å². The number of nitrogens with zero attached hydrogens (tertiary/aromatic N) is 3. The van der Waals surface area contributed by atoms with Crippen molar-refractivity contribution in [1.82, 2.24) is 15.2 Å². The average molecular weight is 311 g/mol. The Balaban J connectivity index is 2.07. The van der Waals surface area contributed by atoms with Gasteiger partial charge in [-0.1, -0.05) is 13.8 Å². The highest BCUT2D eigenvalue weighted by atomic mass is 32.1. The van der Waals surface area contributed by atoms with Crippen LogP contribution in [0.5, 0.6) is 0 Å². The third-order valence-electron chi connectivity index (χ3n) is 4.48. The zero-order valence-corrected chi connectivity index (χ0v) is 15.0. The zero-order chi connectivity index (χ0) is 15.4. The minimum absolute atomic E-state index is 0.546. The van der Waals surface area contributed by atoms with Crippen LogP contribution >= 0.6 is 11.3 Å². The molecule has 2 rings (SSSR count). The molecule has 0 saturated carbocycles. The number of anilines is 1. The van der Waals surface area contributed by atoms with Crippen molar-refractivity contribution in [3.8, 4) is 0 Å². The molecular weight excluding hydrogens is 280 g/mol. The zero-order valence-electron chi connectivity index (χ0n) is 14.1. The van der Waals surface area contributed by atoms with E-state index in [1.165, 1.54) is 35.2 Å². The van der Waals surface area contributed by atoms with Gasteiger partial charge in [0.2, 0.25) is 0 Å². The molecule has 2 heterocycles. The third kappa shape index (κ3) is 4.18. The predicted molar refractivity (Wildman–Crippen MR) is 92.5 cm³/mol. The van der Waals surface area contributed by atoms with Crippen LogP contribution in [0.2, 0.25) is 0 Å². The van der Waals surface area contributed by atoms with Crippen molar-refractivity contribution < 1.29 is 0 Å². The van der Waals surface area contributed by atoms with E-state index in [1.54, 1.807) is 0 Å². The summed E-state index contributed by atoms with van der Waals surface area (Å²) in [4.78, 5) is 11.1. The maximum absolute atomic E-state index is 4.95. The molecule has 5 heteroatoms. The van der Waals surface area contributed by atoms with Crippen molar-refractivity contribution in [1.29, 1.82) is 0 Å². The second kappa shape index (κ2) is 7.56. The molecule has 4 nitrogen and oxygen atoms in total. The van der Waals surface area contributed by atoms with E-state index >= 15 is 0 Å². The molecule has 21 heavy (non-hydrogen) atoms. The van der Waals surface area contributed by atoms with Gasteiger partial charge in [0, 0.05) is 31.6 Å². The monoisotopic (exact) mass is 310 g/mol. The normalized spacial score (nSPS) is 20.9. The maximum atomic E-state index is 4.95. The Morgan fingerprint density at radius 2 is 2.29 bits per heavy atom. The molecule has 0 aliphatic carbocycles. The second-order valence-corrected chi connectivity index (χ2v) is 7.50. The molecule has 1 aromatic rings. The summed E-state index contributed by atoms with van der Waals surface area (Å²) in [6.45, 7) is 9.03. The molecule has 1 saturated heterocycles. The first kappa shape index (κ1) is 16.7. The lowest BCUT2D eigenvalue weighted by molar-refractivity contribution is 0.396. The molecule has 0 radical (unpaired) electrons. The van der Waals surface area contributed by atoms with Gasteiger partial charge in [-0.05, 0) is 45.3 Å². The van der Waals surface area contributed by atoms with Crippen LogP contribution in [0.15, 0.2) is 0 Å². The van der Waals surface area contributed by atoms with Crippen LogP contribution in [0.3, 0.4) is 0 Å². The highest BCUT2D eigenvalue weighted by molar-refractivity contribution is 7.15. The number of hydrogen-bond donors (Lipinski definition) is 1. The fourth-order valence-corrected chi connectivity index (χ4v) is 4.18. The molecule has 0 spiro atoms. The third-order valence-corrected chi connectivity index (χ3v) is 5.67. The Hall–Kier alpha value is -0.650. The van der Waals surface area contributed by atoms with Crippen molar-refractivity contribution in [2.45, 2.75) is 39.2 Å². The average Bonchev–Trinajstić information content (AvgIpc) is 3.05. The lowest BCUT2D eigenvalue weighted by Gasteiger charge is -2.20. The lowest BCUT2D eigenvalue weighted by Crippen LogP contribution is -2.27. The largest absolute Gasteiger partial charge is 0.351 e. The number of thiazole rings is 1. The number of rotatable bonds is 7. The highest BCUT2D eigenvalue weighted by Crippen LogP contribution is 2.32. The molecule has 0 aromatic carbocycles. The molecule has 1 aliphatic heterocycles. The van der Waals surface area contributed by atoms with Crippen LogP contribution in [-0.2, 0) is 6.54 Å². The van der Waals surface area contributed by atoms with Gasteiger partial charge >= 0.3 is 0 Å². The van der Waals surface area contributed by atoms with Crippen molar-refractivity contribution in [3.05, 3.63) is 10.6 Å². The second-order valence-electron chi connectivity index (χ2n) is 6.44. The fourth-order valence-electron chi connectivity index (χ4n) is 3.02. The summed E-state index contributed by atoms with van der Waals surface area (Å²) in [5, 5.41) is 4.47. The summed E-state index contributed by atoms with van der Waals surface area (Å²) in [5.41, 5.74) is 1.29. The van der Waals surface area contributed by atoms with Gasteiger partial charge in [0.15, 0.2) is 5.13 Å². The molecule has 120 valence electrons. The SMILES string of the molecule is CCC(C)c1nc(N(C)CC2CCN(C)C2)sc1CNC. The van der Waals surface area contributed by atoms with Crippen molar-refractivity contribution in [2.75, 3.05) is 45.7 Å². The van der Waals surface area contributed by atoms with E-state index in [-0.39, 0.29) is 0 Å². The van der Waals surface area contributed by atoms with E-state index in [1.807, 2.05) is 18.4 Å². The first-order chi connectivity index (χ1) is 10.0. The van der Waals surface area contributed by atoms with Crippen molar-refractivity contribution in [2.24, 2.45) is 5.92 Å². The molecule has 0 amide bonds. The summed E-state index contributed by atoms with van der Waals surface area (Å²) in [6, 6.07) is 0. The van der Waals surface area contributed by atoms with E-state index in [0.29, 0.717) is 5.92 Å². The van der Waals surface area contributed by atoms with Gasteiger partial charge in [-0.25, -0.2) is 4.98 Å². The van der Waals surface area contributed by atoms with Crippen molar-refractivity contribution >= 4 is 16.5 Å². The Bertz CT molecular complexity index is 445. The summed E-state index contributed by atoms with van der Waals surface area (Å²) in [6.07, 6.45) is 2.46. The Labute approximate surface area is 133 Å². The van der Waals surface area contributed by atoms with Crippen molar-refractivity contribution in [3.63, 3.8) is 0 Å². The molecule has 1 aromatic heterocycles. The molecular formula is C16H30N4S. The summed E-state index contributed by atoms with van der Waals surface area (Å²) in [7, 11) is 6.42. The fraction of sp³-hybridized carbons (Fsp3) is 0.812. The first-order valence-corrected chi connectivity index (χ1v) is 8.90. The molecule has 1 N–H and O–H groups in total. The summed E-state index contributed by atoms with van der Waals surface area (Å²) >= 11 is 1.86. The topological polar surface area (TPSA) is 31.4 Å². The van der Waals surface area contributed by atoms with Gasteiger partial charge in [0.05, 0.1) is 5.69 Å². The lowest BCUT2D eigenvalue weighted by atomic mass is 10.0. The summed E-state index contributed by atoms with van der Waals surface area (Å²) in [5.74, 6) is 1.33. The van der Waals surface area contributed by atoms with E-state index in [9.17, 15) is 0 Å². The Morgan fingerprint density at radius 3 is 2.86 bits per heavy atom. The number of nitrogens with one attached hydrogen (secondary N) is 1. The Kier molecular flexibility index (Phi) is 6.02. The van der Waals surface area contributed by atoms with Crippen LogP contribution < -0.4 is 10.2 Å². The molecule has 2 unspecified atom stereocenters. The standard InChI is InChI=1S/C16H30N4S/c1-6-12(2)15-14(9-17-3)21-16(18-15)20(5)11-13-7-8-19(4)10-13/h12-13,17H,6-11H2,1-5H3. The van der Waals surface area contributed by atoms with Gasteiger partial charge in [0.25, 0.3) is 0 Å². The summed E-state index contributed by atoms with van der Waals surface area (Å²) < 4.78 is 0.